The quantitative estimate of drug-likeness (QED) is 0.873. The molecule has 0 fully saturated rings. The zero-order valence-corrected chi connectivity index (χ0v) is 11.4. The molecule has 0 unspecified atom stereocenters. The Hall–Kier alpha value is -1.40. The van der Waals surface area contributed by atoms with E-state index in [4.69, 9.17) is 15.0 Å². The Morgan fingerprint density at radius 3 is 2.28 bits per heavy atom. The van der Waals surface area contributed by atoms with Gasteiger partial charge in [-0.05, 0) is 24.5 Å². The van der Waals surface area contributed by atoms with Gasteiger partial charge in [-0.15, -0.1) is 0 Å². The second kappa shape index (κ2) is 7.84. The van der Waals surface area contributed by atoms with Gasteiger partial charge in [0, 0.05) is 6.92 Å². The molecule has 0 aliphatic carbocycles. The van der Waals surface area contributed by atoms with Gasteiger partial charge in [0.1, 0.15) is 0 Å². The van der Waals surface area contributed by atoms with Gasteiger partial charge in [0.15, 0.2) is 0 Å². The predicted octanol–water partition coefficient (Wildman–Crippen LogP) is 1.77. The van der Waals surface area contributed by atoms with Crippen molar-refractivity contribution in [2.24, 2.45) is 5.14 Å². The average molecular weight is 273 g/mol. The van der Waals surface area contributed by atoms with Gasteiger partial charge < -0.3 is 5.11 Å². The fourth-order valence-electron chi connectivity index (χ4n) is 1.36. The van der Waals surface area contributed by atoms with Crippen molar-refractivity contribution >= 4 is 16.0 Å². The number of unbranched alkanes of at least 4 members (excludes halogenated alkanes) is 1. The number of primary sulfonamides is 1. The van der Waals surface area contributed by atoms with Crippen LogP contribution in [0.15, 0.2) is 29.2 Å². The number of hydrogen-bond acceptors (Lipinski definition) is 3. The molecule has 0 radical (unpaired) electrons. The van der Waals surface area contributed by atoms with E-state index in [1.54, 1.807) is 12.1 Å². The van der Waals surface area contributed by atoms with Crippen molar-refractivity contribution < 1.29 is 18.3 Å². The highest BCUT2D eigenvalue weighted by Gasteiger charge is 2.11. The number of hydrogen-bond donors (Lipinski definition) is 2. The molecule has 0 bridgehead atoms. The summed E-state index contributed by atoms with van der Waals surface area (Å²) in [6.45, 7) is 3.15. The lowest BCUT2D eigenvalue weighted by atomic mass is 10.1. The summed E-state index contributed by atoms with van der Waals surface area (Å²) in [5.74, 6) is -0.833. The number of carboxylic acids is 1. The van der Waals surface area contributed by atoms with Crippen LogP contribution in [0.3, 0.4) is 0 Å². The summed E-state index contributed by atoms with van der Waals surface area (Å²) in [5.41, 5.74) is 0.817. The molecule has 1 aromatic rings. The standard InChI is InChI=1S/C10H15NO2S.C2H4O2/c1-2-3-6-9-7-4-5-8-10(9)14(11,12)13;1-2(3)4/h4-5,7-8H,2-3,6H2,1H3,(H2,11,12,13);1H3,(H,3,4). The van der Waals surface area contributed by atoms with Crippen LogP contribution in [0, 0.1) is 0 Å². The molecular formula is C12H19NO4S. The predicted molar refractivity (Wildman–Crippen MR) is 69.7 cm³/mol. The van der Waals surface area contributed by atoms with Crippen LogP contribution in [0.5, 0.6) is 0 Å². The number of benzene rings is 1. The molecule has 6 heteroatoms. The summed E-state index contributed by atoms with van der Waals surface area (Å²) >= 11 is 0. The van der Waals surface area contributed by atoms with Crippen molar-refractivity contribution in [1.29, 1.82) is 0 Å². The van der Waals surface area contributed by atoms with Crippen molar-refractivity contribution in [2.75, 3.05) is 0 Å². The third kappa shape index (κ3) is 7.03. The molecular weight excluding hydrogens is 254 g/mol. The van der Waals surface area contributed by atoms with Gasteiger partial charge in [-0.2, -0.15) is 0 Å². The first-order valence-corrected chi connectivity index (χ1v) is 7.14. The Morgan fingerprint density at radius 1 is 1.33 bits per heavy atom. The summed E-state index contributed by atoms with van der Waals surface area (Å²) in [5, 5.41) is 12.5. The molecule has 0 aliphatic rings. The highest BCUT2D eigenvalue weighted by molar-refractivity contribution is 7.89. The van der Waals surface area contributed by atoms with Gasteiger partial charge in [0.25, 0.3) is 5.97 Å². The normalized spacial score (nSPS) is 10.4. The van der Waals surface area contributed by atoms with Gasteiger partial charge in [0.2, 0.25) is 10.0 Å². The number of carboxylic acid groups (broad SMARTS) is 1. The third-order valence-corrected chi connectivity index (χ3v) is 3.09. The van der Waals surface area contributed by atoms with Gasteiger partial charge >= 0.3 is 0 Å². The van der Waals surface area contributed by atoms with Crippen LogP contribution in [-0.4, -0.2) is 19.5 Å². The van der Waals surface area contributed by atoms with Crippen LogP contribution in [0.2, 0.25) is 0 Å². The maximum absolute atomic E-state index is 11.2. The molecule has 18 heavy (non-hydrogen) atoms. The van der Waals surface area contributed by atoms with Gasteiger partial charge in [0.05, 0.1) is 4.90 Å². The van der Waals surface area contributed by atoms with Crippen molar-refractivity contribution in [3.8, 4) is 0 Å². The Kier molecular flexibility index (Phi) is 7.23. The highest BCUT2D eigenvalue weighted by atomic mass is 32.2. The summed E-state index contributed by atoms with van der Waals surface area (Å²) in [6.07, 6.45) is 2.79. The fraction of sp³-hybridized carbons (Fsp3) is 0.417. The molecule has 0 amide bonds. The van der Waals surface area contributed by atoms with E-state index in [-0.39, 0.29) is 4.90 Å². The first-order valence-electron chi connectivity index (χ1n) is 5.59. The molecule has 5 nitrogen and oxygen atoms in total. The number of aliphatic carboxylic acids is 1. The summed E-state index contributed by atoms with van der Waals surface area (Å²) in [7, 11) is -3.56. The highest BCUT2D eigenvalue weighted by Crippen LogP contribution is 2.15. The van der Waals surface area contributed by atoms with Gasteiger partial charge in [-0.3, -0.25) is 4.79 Å². The molecule has 1 aromatic carbocycles. The SMILES string of the molecule is CC(=O)O.CCCCc1ccccc1S(N)(=O)=O. The fourth-order valence-corrected chi connectivity index (χ4v) is 2.16. The number of carbonyl (C=O) groups is 1. The molecule has 0 saturated heterocycles. The lowest BCUT2D eigenvalue weighted by Gasteiger charge is -2.05. The first-order chi connectivity index (χ1) is 8.29. The Bertz CT molecular complexity index is 479. The molecule has 3 N–H and O–H groups in total. The molecule has 0 aromatic heterocycles. The molecule has 0 aliphatic heterocycles. The first kappa shape index (κ1) is 16.6. The Morgan fingerprint density at radius 2 is 1.83 bits per heavy atom. The topological polar surface area (TPSA) is 97.5 Å². The van der Waals surface area contributed by atoms with E-state index in [0.717, 1.165) is 31.7 Å². The van der Waals surface area contributed by atoms with Crippen LogP contribution < -0.4 is 5.14 Å². The van der Waals surface area contributed by atoms with E-state index in [1.165, 1.54) is 0 Å². The molecule has 0 heterocycles. The van der Waals surface area contributed by atoms with E-state index < -0.39 is 16.0 Å². The molecule has 0 spiro atoms. The smallest absolute Gasteiger partial charge is 0.300 e. The minimum Gasteiger partial charge on any atom is -0.481 e. The molecule has 102 valence electrons. The van der Waals surface area contributed by atoms with Gasteiger partial charge in [-0.1, -0.05) is 31.5 Å². The van der Waals surface area contributed by atoms with E-state index in [2.05, 4.69) is 6.92 Å². The minimum absolute atomic E-state index is 0.258. The lowest BCUT2D eigenvalue weighted by molar-refractivity contribution is -0.134. The van der Waals surface area contributed by atoms with E-state index in [0.29, 0.717) is 0 Å². The summed E-state index contributed by atoms with van der Waals surface area (Å²) in [6, 6.07) is 6.89. The van der Waals surface area contributed by atoms with Crippen LogP contribution in [0.25, 0.3) is 0 Å². The average Bonchev–Trinajstić information content (AvgIpc) is 2.24. The van der Waals surface area contributed by atoms with Gasteiger partial charge in [-0.25, -0.2) is 13.6 Å². The Balaban J connectivity index is 0.000000631. The zero-order valence-electron chi connectivity index (χ0n) is 10.6. The Labute approximate surface area is 108 Å². The van der Waals surface area contributed by atoms with Crippen molar-refractivity contribution in [3.63, 3.8) is 0 Å². The second-order valence-electron chi connectivity index (χ2n) is 3.78. The van der Waals surface area contributed by atoms with Crippen LogP contribution in [0.4, 0.5) is 0 Å². The van der Waals surface area contributed by atoms with Crippen molar-refractivity contribution in [1.82, 2.24) is 0 Å². The number of rotatable bonds is 4. The molecule has 0 saturated carbocycles. The van der Waals surface area contributed by atoms with E-state index in [1.807, 2.05) is 12.1 Å². The van der Waals surface area contributed by atoms with Crippen molar-refractivity contribution in [3.05, 3.63) is 29.8 Å². The maximum Gasteiger partial charge on any atom is 0.300 e. The van der Waals surface area contributed by atoms with E-state index >= 15 is 0 Å². The monoisotopic (exact) mass is 273 g/mol. The lowest BCUT2D eigenvalue weighted by Crippen LogP contribution is -2.14. The van der Waals surface area contributed by atoms with Crippen molar-refractivity contribution in [2.45, 2.75) is 38.0 Å². The number of sulfonamides is 1. The third-order valence-electron chi connectivity index (χ3n) is 2.08. The number of nitrogens with two attached hydrogens (primary N) is 1. The molecule has 1 rings (SSSR count). The summed E-state index contributed by atoms with van der Waals surface area (Å²) < 4.78 is 22.4. The minimum atomic E-state index is -3.56. The zero-order chi connectivity index (χ0) is 14.2. The van der Waals surface area contributed by atoms with Crippen LogP contribution >= 0.6 is 0 Å². The largest absolute Gasteiger partial charge is 0.481 e. The summed E-state index contributed by atoms with van der Waals surface area (Å²) in [4.78, 5) is 9.26. The van der Waals surface area contributed by atoms with Crippen LogP contribution in [-0.2, 0) is 21.2 Å². The van der Waals surface area contributed by atoms with Crippen LogP contribution in [0.1, 0.15) is 32.3 Å². The number of aryl methyl sites for hydroxylation is 1. The molecule has 0 atom stereocenters. The maximum atomic E-state index is 11.2. The van der Waals surface area contributed by atoms with E-state index in [9.17, 15) is 8.42 Å². The second-order valence-corrected chi connectivity index (χ2v) is 5.31.